The monoisotopic (exact) mass is 487 g/mol. The molecule has 3 nitrogen and oxygen atoms in total. The van der Waals surface area contributed by atoms with Crippen LogP contribution in [0.15, 0.2) is 77.3 Å². The van der Waals surface area contributed by atoms with E-state index >= 15 is 0 Å². The number of halogens is 4. The highest BCUT2D eigenvalue weighted by molar-refractivity contribution is 9.10. The lowest BCUT2D eigenvalue weighted by atomic mass is 10.1. The number of rotatable bonds is 4. The van der Waals surface area contributed by atoms with E-state index in [0.29, 0.717) is 11.5 Å². The Morgan fingerprint density at radius 3 is 2.23 bits per heavy atom. The van der Waals surface area contributed by atoms with E-state index in [1.807, 2.05) is 36.4 Å². The minimum absolute atomic E-state index is 0.230. The van der Waals surface area contributed by atoms with Gasteiger partial charge in [-0.3, -0.25) is 4.79 Å². The maximum absolute atomic E-state index is 13.8. The molecular weight excluding hydrogens is 476 g/mol. The molecule has 0 aromatic heterocycles. The topological polar surface area (TPSA) is 38.3 Å². The highest BCUT2D eigenvalue weighted by Crippen LogP contribution is 2.37. The second kappa shape index (κ2) is 8.42. The van der Waals surface area contributed by atoms with Gasteiger partial charge in [-0.2, -0.15) is 0 Å². The molecule has 0 aliphatic carbocycles. The summed E-state index contributed by atoms with van der Waals surface area (Å²) in [6.45, 7) is 0. The van der Waals surface area contributed by atoms with Gasteiger partial charge in [-0.05, 0) is 47.9 Å². The van der Waals surface area contributed by atoms with Gasteiger partial charge in [0.1, 0.15) is 28.7 Å². The number of ether oxygens (including phenoxy) is 1. The molecule has 7 heteroatoms. The molecule has 0 atom stereocenters. The van der Waals surface area contributed by atoms with Gasteiger partial charge in [0.25, 0.3) is 5.91 Å². The zero-order valence-corrected chi connectivity index (χ0v) is 17.6. The summed E-state index contributed by atoms with van der Waals surface area (Å²) < 4.78 is 34.5. The van der Waals surface area contributed by atoms with Crippen molar-refractivity contribution in [2.45, 2.75) is 0 Å². The summed E-state index contributed by atoms with van der Waals surface area (Å²) in [5.41, 5.74) is -0.379. The van der Waals surface area contributed by atoms with Crippen molar-refractivity contribution in [2.75, 3.05) is 5.32 Å². The van der Waals surface area contributed by atoms with Crippen LogP contribution in [0.3, 0.4) is 0 Å². The first-order chi connectivity index (χ1) is 14.4. The average Bonchev–Trinajstić information content (AvgIpc) is 2.72. The number of hydrogen-bond acceptors (Lipinski definition) is 2. The number of carbonyl (C=O) groups excluding carboxylic acids is 1. The lowest BCUT2D eigenvalue weighted by Gasteiger charge is -2.13. The van der Waals surface area contributed by atoms with E-state index in [9.17, 15) is 13.6 Å². The van der Waals surface area contributed by atoms with Crippen molar-refractivity contribution in [1.82, 2.24) is 0 Å². The summed E-state index contributed by atoms with van der Waals surface area (Å²) >= 11 is 9.84. The van der Waals surface area contributed by atoms with Crippen LogP contribution in [-0.4, -0.2) is 5.91 Å². The van der Waals surface area contributed by atoms with Gasteiger partial charge in [-0.25, -0.2) is 8.78 Å². The standard InChI is InChI=1S/C23H13BrClF2NO2/c24-16-9-11-20(15-5-2-1-4-14(15)16)30-21-10-8-13(12-17(21)25)28-23(29)22-18(26)6-3-7-19(22)27/h1-12H,(H,28,29). The fourth-order valence-corrected chi connectivity index (χ4v) is 3.71. The highest BCUT2D eigenvalue weighted by Gasteiger charge is 2.18. The molecule has 150 valence electrons. The van der Waals surface area contributed by atoms with Gasteiger partial charge >= 0.3 is 0 Å². The molecule has 4 aromatic carbocycles. The zero-order valence-electron chi connectivity index (χ0n) is 15.3. The molecule has 0 aliphatic rings. The number of benzene rings is 4. The predicted octanol–water partition coefficient (Wildman–Crippen LogP) is 7.58. The molecule has 1 N–H and O–H groups in total. The van der Waals surface area contributed by atoms with Crippen LogP contribution in [0.25, 0.3) is 10.8 Å². The molecule has 0 spiro atoms. The fraction of sp³-hybridized carbons (Fsp3) is 0. The predicted molar refractivity (Wildman–Crippen MR) is 117 cm³/mol. The first kappa shape index (κ1) is 20.3. The van der Waals surface area contributed by atoms with Crippen LogP contribution in [0.1, 0.15) is 10.4 Å². The molecule has 0 fully saturated rings. The Kier molecular flexibility index (Phi) is 5.70. The molecule has 0 bridgehead atoms. The van der Waals surface area contributed by atoms with Crippen molar-refractivity contribution in [1.29, 1.82) is 0 Å². The van der Waals surface area contributed by atoms with Crippen molar-refractivity contribution >= 4 is 49.9 Å². The second-order valence-electron chi connectivity index (χ2n) is 6.39. The molecule has 4 aromatic rings. The first-order valence-corrected chi connectivity index (χ1v) is 10.0. The van der Waals surface area contributed by atoms with Crippen LogP contribution < -0.4 is 10.1 Å². The summed E-state index contributed by atoms with van der Waals surface area (Å²) in [6.07, 6.45) is 0. The van der Waals surface area contributed by atoms with Gasteiger partial charge in [-0.1, -0.05) is 57.9 Å². The largest absolute Gasteiger partial charge is 0.455 e. The SMILES string of the molecule is O=C(Nc1ccc(Oc2ccc(Br)c3ccccc23)c(Cl)c1)c1c(F)cccc1F. The smallest absolute Gasteiger partial charge is 0.261 e. The zero-order chi connectivity index (χ0) is 21.3. The summed E-state index contributed by atoms with van der Waals surface area (Å²) in [5.74, 6) is -1.81. The summed E-state index contributed by atoms with van der Waals surface area (Å²) in [7, 11) is 0. The maximum Gasteiger partial charge on any atom is 0.261 e. The van der Waals surface area contributed by atoms with E-state index in [4.69, 9.17) is 16.3 Å². The van der Waals surface area contributed by atoms with Gasteiger partial charge in [0.15, 0.2) is 0 Å². The average molecular weight is 489 g/mol. The van der Waals surface area contributed by atoms with Crippen LogP contribution in [0.2, 0.25) is 5.02 Å². The maximum atomic E-state index is 13.8. The van der Waals surface area contributed by atoms with Crippen molar-refractivity contribution in [3.05, 3.63) is 99.5 Å². The van der Waals surface area contributed by atoms with Crippen molar-refractivity contribution in [3.63, 3.8) is 0 Å². The summed E-state index contributed by atoms with van der Waals surface area (Å²) in [4.78, 5) is 12.3. The molecule has 0 heterocycles. The van der Waals surface area contributed by atoms with Crippen LogP contribution in [-0.2, 0) is 0 Å². The van der Waals surface area contributed by atoms with Gasteiger partial charge in [0.05, 0.1) is 5.02 Å². The Hall–Kier alpha value is -2.96. The normalized spacial score (nSPS) is 10.8. The van der Waals surface area contributed by atoms with E-state index in [2.05, 4.69) is 21.2 Å². The minimum Gasteiger partial charge on any atom is -0.455 e. The van der Waals surface area contributed by atoms with E-state index < -0.39 is 23.1 Å². The number of nitrogens with one attached hydrogen (secondary N) is 1. The van der Waals surface area contributed by atoms with Crippen molar-refractivity contribution in [2.24, 2.45) is 0 Å². The number of carbonyl (C=O) groups is 1. The van der Waals surface area contributed by atoms with E-state index in [1.54, 1.807) is 12.1 Å². The molecular formula is C23H13BrClF2NO2. The number of fused-ring (bicyclic) bond motifs is 1. The molecule has 0 radical (unpaired) electrons. The Labute approximate surface area is 184 Å². The molecule has 4 rings (SSSR count). The lowest BCUT2D eigenvalue weighted by molar-refractivity contribution is 0.101. The highest BCUT2D eigenvalue weighted by atomic mass is 79.9. The van der Waals surface area contributed by atoms with Gasteiger partial charge in [0, 0.05) is 15.5 Å². The Morgan fingerprint density at radius 2 is 1.53 bits per heavy atom. The van der Waals surface area contributed by atoms with Crippen LogP contribution in [0, 0.1) is 11.6 Å². The van der Waals surface area contributed by atoms with E-state index in [-0.39, 0.29) is 10.7 Å². The van der Waals surface area contributed by atoms with Gasteiger partial charge < -0.3 is 10.1 Å². The van der Waals surface area contributed by atoms with Crippen LogP contribution >= 0.6 is 27.5 Å². The third kappa shape index (κ3) is 4.01. The van der Waals surface area contributed by atoms with Crippen molar-refractivity contribution in [3.8, 4) is 11.5 Å². The van der Waals surface area contributed by atoms with E-state index in [0.717, 1.165) is 27.4 Å². The molecule has 1 amide bonds. The number of amides is 1. The Morgan fingerprint density at radius 1 is 0.867 bits per heavy atom. The molecule has 0 saturated carbocycles. The Balaban J connectivity index is 1.59. The second-order valence-corrected chi connectivity index (χ2v) is 7.65. The third-order valence-corrected chi connectivity index (χ3v) is 5.42. The molecule has 30 heavy (non-hydrogen) atoms. The molecule has 0 aliphatic heterocycles. The van der Waals surface area contributed by atoms with Gasteiger partial charge in [-0.15, -0.1) is 0 Å². The van der Waals surface area contributed by atoms with Crippen molar-refractivity contribution < 1.29 is 18.3 Å². The summed E-state index contributed by atoms with van der Waals surface area (Å²) in [6, 6.07) is 19.2. The fourth-order valence-electron chi connectivity index (χ4n) is 3.01. The number of anilines is 1. The Bertz CT molecular complexity index is 1260. The van der Waals surface area contributed by atoms with Gasteiger partial charge in [0.2, 0.25) is 0 Å². The molecule has 0 unspecified atom stereocenters. The number of hydrogen-bond donors (Lipinski definition) is 1. The summed E-state index contributed by atoms with van der Waals surface area (Å²) in [5, 5.41) is 4.56. The van der Waals surface area contributed by atoms with Crippen LogP contribution in [0.5, 0.6) is 11.5 Å². The van der Waals surface area contributed by atoms with E-state index in [1.165, 1.54) is 12.1 Å². The first-order valence-electron chi connectivity index (χ1n) is 8.84. The van der Waals surface area contributed by atoms with Crippen LogP contribution in [0.4, 0.5) is 14.5 Å². The third-order valence-electron chi connectivity index (χ3n) is 4.43. The minimum atomic E-state index is -0.944. The lowest BCUT2D eigenvalue weighted by Crippen LogP contribution is -2.15. The molecule has 0 saturated heterocycles. The quantitative estimate of drug-likeness (QED) is 0.321.